The van der Waals surface area contributed by atoms with Gasteiger partial charge in [0.2, 0.25) is 0 Å². The molecular formula is C13H23NO2. The molecule has 0 saturated heterocycles. The Morgan fingerprint density at radius 2 is 1.94 bits per heavy atom. The van der Waals surface area contributed by atoms with Crippen LogP contribution in [0.2, 0.25) is 0 Å². The van der Waals surface area contributed by atoms with Crippen molar-refractivity contribution in [3.63, 3.8) is 0 Å². The van der Waals surface area contributed by atoms with Crippen molar-refractivity contribution in [2.75, 3.05) is 13.7 Å². The van der Waals surface area contributed by atoms with Crippen LogP contribution in [-0.2, 0) is 9.53 Å². The minimum absolute atomic E-state index is 0.234. The molecule has 1 aliphatic carbocycles. The normalized spacial score (nSPS) is 19.2. The molecule has 16 heavy (non-hydrogen) atoms. The van der Waals surface area contributed by atoms with Gasteiger partial charge in [0.05, 0.1) is 7.11 Å². The summed E-state index contributed by atoms with van der Waals surface area (Å²) in [5.41, 5.74) is 0.684. The predicted molar refractivity (Wildman–Crippen MR) is 65.3 cm³/mol. The van der Waals surface area contributed by atoms with E-state index in [2.05, 4.69) is 10.1 Å². The maximum atomic E-state index is 11.1. The molecule has 0 aromatic carbocycles. The van der Waals surface area contributed by atoms with Crippen molar-refractivity contribution in [3.8, 4) is 0 Å². The number of esters is 1. The number of hydrogen-bond donors (Lipinski definition) is 1. The Balaban J connectivity index is 2.25. The summed E-state index contributed by atoms with van der Waals surface area (Å²) in [5.74, 6) is -0.234. The van der Waals surface area contributed by atoms with Crippen LogP contribution in [0, 0.1) is 0 Å². The van der Waals surface area contributed by atoms with Gasteiger partial charge in [0.15, 0.2) is 0 Å². The Labute approximate surface area is 98.2 Å². The molecule has 0 unspecified atom stereocenters. The number of methoxy groups -OCH3 is 1. The lowest BCUT2D eigenvalue weighted by atomic mass is 10.1. The lowest BCUT2D eigenvalue weighted by molar-refractivity contribution is -0.136. The van der Waals surface area contributed by atoms with E-state index in [0.717, 1.165) is 6.54 Å². The van der Waals surface area contributed by atoms with Gasteiger partial charge in [-0.3, -0.25) is 0 Å². The average molecular weight is 225 g/mol. The van der Waals surface area contributed by atoms with E-state index in [0.29, 0.717) is 11.6 Å². The maximum absolute atomic E-state index is 11.1. The zero-order valence-corrected chi connectivity index (χ0v) is 10.4. The fourth-order valence-corrected chi connectivity index (χ4v) is 2.11. The number of rotatable bonds is 4. The van der Waals surface area contributed by atoms with Crippen LogP contribution in [0.4, 0.5) is 0 Å². The largest absolute Gasteiger partial charge is 0.466 e. The third-order valence-electron chi connectivity index (χ3n) is 3.18. The van der Waals surface area contributed by atoms with E-state index in [1.165, 1.54) is 45.6 Å². The quantitative estimate of drug-likeness (QED) is 0.453. The van der Waals surface area contributed by atoms with Crippen molar-refractivity contribution in [2.24, 2.45) is 0 Å². The molecule has 0 bridgehead atoms. The van der Waals surface area contributed by atoms with E-state index in [1.807, 2.05) is 6.08 Å². The van der Waals surface area contributed by atoms with Gasteiger partial charge in [0.1, 0.15) is 0 Å². The number of ether oxygens (including phenoxy) is 1. The highest BCUT2D eigenvalue weighted by Crippen LogP contribution is 2.16. The number of carbonyl (C=O) groups excluding carboxylic acids is 1. The Bertz CT molecular complexity index is 240. The summed E-state index contributed by atoms with van der Waals surface area (Å²) in [7, 11) is 1.42. The average Bonchev–Trinajstić information content (AvgIpc) is 2.56. The maximum Gasteiger partial charge on any atom is 0.333 e. The zero-order valence-electron chi connectivity index (χ0n) is 10.4. The van der Waals surface area contributed by atoms with Crippen LogP contribution in [0.3, 0.4) is 0 Å². The molecule has 0 amide bonds. The predicted octanol–water partition coefficient (Wildman–Crippen LogP) is 2.42. The Kier molecular flexibility index (Phi) is 6.16. The number of nitrogens with one attached hydrogen (secondary N) is 1. The van der Waals surface area contributed by atoms with Gasteiger partial charge in [-0.1, -0.05) is 31.8 Å². The summed E-state index contributed by atoms with van der Waals surface area (Å²) in [5, 5.41) is 3.49. The van der Waals surface area contributed by atoms with Gasteiger partial charge in [0, 0.05) is 18.2 Å². The highest BCUT2D eigenvalue weighted by Gasteiger charge is 2.10. The molecule has 0 spiro atoms. The summed E-state index contributed by atoms with van der Waals surface area (Å²) >= 11 is 0. The minimum atomic E-state index is -0.234. The van der Waals surface area contributed by atoms with Crippen LogP contribution in [0.25, 0.3) is 0 Å². The first kappa shape index (κ1) is 13.2. The fraction of sp³-hybridized carbons (Fsp3) is 0.769. The second-order valence-corrected chi connectivity index (χ2v) is 4.48. The second-order valence-electron chi connectivity index (χ2n) is 4.48. The molecule has 0 aromatic heterocycles. The number of carbonyl (C=O) groups is 1. The molecule has 1 rings (SSSR count). The van der Waals surface area contributed by atoms with Gasteiger partial charge >= 0.3 is 5.97 Å². The molecule has 1 aliphatic rings. The molecule has 3 nitrogen and oxygen atoms in total. The van der Waals surface area contributed by atoms with Crippen LogP contribution in [0.15, 0.2) is 11.6 Å². The Hall–Kier alpha value is -0.830. The monoisotopic (exact) mass is 225 g/mol. The lowest BCUT2D eigenvalue weighted by Crippen LogP contribution is -2.28. The minimum Gasteiger partial charge on any atom is -0.466 e. The van der Waals surface area contributed by atoms with Crippen molar-refractivity contribution in [1.82, 2.24) is 5.32 Å². The summed E-state index contributed by atoms with van der Waals surface area (Å²) in [6.07, 6.45) is 9.85. The van der Waals surface area contributed by atoms with E-state index < -0.39 is 0 Å². The topological polar surface area (TPSA) is 38.3 Å². The first-order chi connectivity index (χ1) is 7.74. The molecule has 1 N–H and O–H groups in total. The van der Waals surface area contributed by atoms with Crippen molar-refractivity contribution >= 4 is 5.97 Å². The SMILES string of the molecule is COC(=O)C(C)=CCNC1CCCCCC1. The van der Waals surface area contributed by atoms with E-state index >= 15 is 0 Å². The molecule has 0 radical (unpaired) electrons. The zero-order chi connectivity index (χ0) is 11.8. The van der Waals surface area contributed by atoms with Crippen LogP contribution in [0.5, 0.6) is 0 Å². The molecule has 0 heterocycles. The molecular weight excluding hydrogens is 202 g/mol. The second kappa shape index (κ2) is 7.44. The van der Waals surface area contributed by atoms with Gasteiger partial charge in [-0.05, 0) is 19.8 Å². The smallest absolute Gasteiger partial charge is 0.333 e. The standard InChI is InChI=1S/C13H23NO2/c1-11(13(15)16-2)9-10-14-12-7-5-3-4-6-8-12/h9,12,14H,3-8,10H2,1-2H3. The third-order valence-corrected chi connectivity index (χ3v) is 3.18. The van der Waals surface area contributed by atoms with E-state index in [1.54, 1.807) is 6.92 Å². The van der Waals surface area contributed by atoms with Crippen LogP contribution in [0.1, 0.15) is 45.4 Å². The molecule has 92 valence electrons. The fourth-order valence-electron chi connectivity index (χ4n) is 2.11. The van der Waals surface area contributed by atoms with Crippen LogP contribution < -0.4 is 5.32 Å². The summed E-state index contributed by atoms with van der Waals surface area (Å²) < 4.78 is 4.64. The highest BCUT2D eigenvalue weighted by molar-refractivity contribution is 5.87. The van der Waals surface area contributed by atoms with Crippen molar-refractivity contribution in [3.05, 3.63) is 11.6 Å². The molecule has 0 aromatic rings. The summed E-state index contributed by atoms with van der Waals surface area (Å²) in [6, 6.07) is 0.629. The van der Waals surface area contributed by atoms with Crippen LogP contribution >= 0.6 is 0 Å². The van der Waals surface area contributed by atoms with E-state index in [-0.39, 0.29) is 5.97 Å². The summed E-state index contributed by atoms with van der Waals surface area (Å²) in [4.78, 5) is 11.1. The lowest BCUT2D eigenvalue weighted by Gasteiger charge is -2.14. The van der Waals surface area contributed by atoms with Crippen molar-refractivity contribution < 1.29 is 9.53 Å². The first-order valence-corrected chi connectivity index (χ1v) is 6.22. The molecule has 0 aliphatic heterocycles. The molecule has 3 heteroatoms. The third kappa shape index (κ3) is 4.79. The highest BCUT2D eigenvalue weighted by atomic mass is 16.5. The summed E-state index contributed by atoms with van der Waals surface area (Å²) in [6.45, 7) is 2.56. The Morgan fingerprint density at radius 3 is 2.50 bits per heavy atom. The van der Waals surface area contributed by atoms with Gasteiger partial charge in [-0.2, -0.15) is 0 Å². The van der Waals surface area contributed by atoms with E-state index in [4.69, 9.17) is 0 Å². The van der Waals surface area contributed by atoms with Gasteiger partial charge in [-0.15, -0.1) is 0 Å². The molecule has 1 saturated carbocycles. The van der Waals surface area contributed by atoms with E-state index in [9.17, 15) is 4.79 Å². The van der Waals surface area contributed by atoms with Gasteiger partial charge in [0.25, 0.3) is 0 Å². The van der Waals surface area contributed by atoms with Gasteiger partial charge < -0.3 is 10.1 Å². The van der Waals surface area contributed by atoms with Crippen LogP contribution in [-0.4, -0.2) is 25.7 Å². The molecule has 1 fully saturated rings. The molecule has 0 atom stereocenters. The van der Waals surface area contributed by atoms with Crippen molar-refractivity contribution in [2.45, 2.75) is 51.5 Å². The van der Waals surface area contributed by atoms with Gasteiger partial charge in [-0.25, -0.2) is 4.79 Å². The number of hydrogen-bond acceptors (Lipinski definition) is 3. The van der Waals surface area contributed by atoms with Crippen molar-refractivity contribution in [1.29, 1.82) is 0 Å². The Morgan fingerprint density at radius 1 is 1.31 bits per heavy atom. The first-order valence-electron chi connectivity index (χ1n) is 6.22.